The van der Waals surface area contributed by atoms with Gasteiger partial charge in [0.2, 0.25) is 0 Å². The van der Waals surface area contributed by atoms with Gasteiger partial charge in [-0.25, -0.2) is 0 Å². The summed E-state index contributed by atoms with van der Waals surface area (Å²) in [6.07, 6.45) is 3.97. The molecular formula is C88H80N2OSi2-2. The van der Waals surface area contributed by atoms with Gasteiger partial charge >= 0.3 is 554 Å². The quantitative estimate of drug-likeness (QED) is 0.128. The molecule has 0 saturated carbocycles. The Kier molecular flexibility index (Phi) is 13.1. The molecule has 93 heavy (non-hydrogen) atoms. The molecule has 13 aromatic rings. The fourth-order valence-corrected chi connectivity index (χ4v) is 30.5. The van der Waals surface area contributed by atoms with E-state index in [0.717, 1.165) is 55.6 Å². The molecule has 7 heterocycles. The predicted octanol–water partition coefficient (Wildman–Crippen LogP) is 17.9. The zero-order valence-electron chi connectivity index (χ0n) is 55.7. The van der Waals surface area contributed by atoms with Crippen LogP contribution in [-0.4, -0.2) is 26.1 Å². The van der Waals surface area contributed by atoms with Crippen LogP contribution in [0.4, 0.5) is 0 Å². The van der Waals surface area contributed by atoms with E-state index in [1.165, 1.54) is 110 Å². The Hall–Kier alpha value is -9.27. The first-order valence-electron chi connectivity index (χ1n) is 34.4. The van der Waals surface area contributed by atoms with Crippen molar-refractivity contribution >= 4 is 79.6 Å². The molecule has 4 aliphatic heterocycles. The molecule has 0 fully saturated rings. The van der Waals surface area contributed by atoms with Crippen molar-refractivity contribution in [1.29, 1.82) is 0 Å². The molecule has 0 unspecified atom stereocenters. The van der Waals surface area contributed by atoms with E-state index in [9.17, 15) is 0 Å². The van der Waals surface area contributed by atoms with E-state index >= 15 is 0 Å². The van der Waals surface area contributed by atoms with Crippen LogP contribution in [0.3, 0.4) is 0 Å². The summed E-state index contributed by atoms with van der Waals surface area (Å²) in [5.41, 5.74) is 29.8. The van der Waals surface area contributed by atoms with Crippen molar-refractivity contribution in [2.45, 2.75) is 119 Å². The summed E-state index contributed by atoms with van der Waals surface area (Å²) >= 11 is 0. The summed E-state index contributed by atoms with van der Waals surface area (Å²) < 4.78 is 7.03. The second-order valence-corrected chi connectivity index (χ2v) is 38.1. The van der Waals surface area contributed by atoms with E-state index in [1.807, 2.05) is 12.4 Å². The van der Waals surface area contributed by atoms with Gasteiger partial charge in [0.15, 0.2) is 0 Å². The van der Waals surface area contributed by atoms with Gasteiger partial charge in [0.05, 0.1) is 0 Å². The summed E-state index contributed by atoms with van der Waals surface area (Å²) in [6, 6.07) is 81.7. The number of para-hydroxylation sites is 1. The van der Waals surface area contributed by atoms with Gasteiger partial charge in [-0.05, 0) is 0 Å². The number of nitrogens with zero attached hydrogens (tertiary/aromatic N) is 2. The standard InChI is InChI=1S/C88H80N2OSi2/c1-49(2)55-19-27-79-68(39-55)69-40-56(50(3)4)20-28-80(69)92(79)83-31-23-59(53(9)10)43-72(83)74-45-61(25-33-85(74)92)63-35-37-89-76(47-63)65-15-14-18-78-87(65)67-17-13-16-66(88(67)91-78)77-48-64(36-38-90-77)62-26-34-86-75(46-62)73-44-60(54(11)12)24-32-84(73)93(86)81-29-21-57(51(5)6)41-70(81)71-42-58(52(7)8)22-30-82(71)93/h13-54,92-93H,1-12H3/q-2. The molecule has 3 nitrogen and oxygen atoms in total. The Morgan fingerprint density at radius 3 is 0.903 bits per heavy atom. The third kappa shape index (κ3) is 8.31. The van der Waals surface area contributed by atoms with Crippen LogP contribution in [-0.2, 0) is 0 Å². The topological polar surface area (TPSA) is 38.9 Å². The average molecular weight is 1240 g/mol. The first-order chi connectivity index (χ1) is 45.0. The van der Waals surface area contributed by atoms with Crippen LogP contribution < -0.4 is 41.5 Å². The normalized spacial score (nSPS) is 14.8. The SMILES string of the molecule is CC(C)c1ccc2c(c1)-c1cc(-c3ccnc(-c4cccc5c4oc4cccc(-c6cc(-c7ccc8c(c7)-c7cc(C(C)C)ccc7[SiH-]87c8ccc(C(C)C)cc8-c8cc(C(C)C)ccc87)ccn6)c45)c3)ccc1[SiH-]21c2ccc(C(C)C)cc2-c2cc(C(C)C)ccc21. The number of pyridine rings is 2. The second kappa shape index (κ2) is 21.1. The Labute approximate surface area is 550 Å². The Balaban J connectivity index is 0.757. The predicted molar refractivity (Wildman–Crippen MR) is 402 cm³/mol. The van der Waals surface area contributed by atoms with Crippen LogP contribution >= 0.6 is 0 Å². The maximum absolute atomic E-state index is 7.03. The third-order valence-corrected chi connectivity index (χ3v) is 34.2. The van der Waals surface area contributed by atoms with Crippen LogP contribution in [0.1, 0.15) is 152 Å². The van der Waals surface area contributed by atoms with Gasteiger partial charge in [-0.15, -0.1) is 0 Å². The number of hydrogen-bond acceptors (Lipinski definition) is 3. The van der Waals surface area contributed by atoms with Crippen LogP contribution in [0.25, 0.3) is 111 Å². The summed E-state index contributed by atoms with van der Waals surface area (Å²) in [4.78, 5) is 10.3. The first kappa shape index (κ1) is 57.6. The van der Waals surface area contributed by atoms with Gasteiger partial charge in [-0.1, -0.05) is 0 Å². The van der Waals surface area contributed by atoms with Gasteiger partial charge in [0, 0.05) is 0 Å². The van der Waals surface area contributed by atoms with Crippen LogP contribution in [0.5, 0.6) is 0 Å². The molecule has 5 heteroatoms. The van der Waals surface area contributed by atoms with Crippen molar-refractivity contribution in [2.24, 2.45) is 0 Å². The molecular weight excluding hydrogens is 1160 g/mol. The molecule has 0 aliphatic carbocycles. The van der Waals surface area contributed by atoms with E-state index in [-0.39, 0.29) is 0 Å². The zero-order chi connectivity index (χ0) is 63.7. The number of fused-ring (bicyclic) bond motifs is 23. The zero-order valence-corrected chi connectivity index (χ0v) is 58.0. The summed E-state index contributed by atoms with van der Waals surface area (Å²) in [7, 11) is -6.28. The second-order valence-electron chi connectivity index (χ2n) is 29.7. The summed E-state index contributed by atoms with van der Waals surface area (Å²) in [6.45, 7) is 27.9. The Morgan fingerprint density at radius 2 is 0.559 bits per heavy atom. The van der Waals surface area contributed by atoms with E-state index in [4.69, 9.17) is 14.4 Å². The summed E-state index contributed by atoms with van der Waals surface area (Å²) in [5, 5.41) is 14.4. The molecule has 0 radical (unpaired) electrons. The van der Waals surface area contributed by atoms with Crippen molar-refractivity contribution in [1.82, 2.24) is 9.97 Å². The molecule has 0 amide bonds. The number of furan rings is 1. The molecule has 0 saturated heterocycles. The van der Waals surface area contributed by atoms with Gasteiger partial charge < -0.3 is 0 Å². The molecule has 10 aromatic carbocycles. The monoisotopic (exact) mass is 1240 g/mol. The average Bonchev–Trinajstić information content (AvgIpc) is 1.52. The molecule has 2 spiro atoms. The third-order valence-electron chi connectivity index (χ3n) is 22.7. The maximum atomic E-state index is 7.03. The fourth-order valence-electron chi connectivity index (χ4n) is 17.7. The van der Waals surface area contributed by atoms with E-state index < -0.39 is 16.1 Å². The molecule has 3 aromatic heterocycles. The van der Waals surface area contributed by atoms with E-state index in [1.54, 1.807) is 20.7 Å². The first-order valence-corrected chi connectivity index (χ1v) is 39.0. The Bertz CT molecular complexity index is 5210. The van der Waals surface area contributed by atoms with E-state index in [2.05, 4.69) is 289 Å². The van der Waals surface area contributed by atoms with Crippen LogP contribution in [0.2, 0.25) is 0 Å². The molecule has 17 rings (SSSR count). The molecule has 4 aliphatic rings. The minimum absolute atomic E-state index is 0.408. The number of benzene rings is 10. The van der Waals surface area contributed by atoms with E-state index in [0.29, 0.717) is 35.5 Å². The van der Waals surface area contributed by atoms with Crippen molar-refractivity contribution in [3.8, 4) is 89.3 Å². The van der Waals surface area contributed by atoms with Crippen molar-refractivity contribution in [3.05, 3.63) is 252 Å². The van der Waals surface area contributed by atoms with Crippen LogP contribution in [0.15, 0.2) is 223 Å². The number of aromatic nitrogens is 2. The van der Waals surface area contributed by atoms with Crippen molar-refractivity contribution in [2.75, 3.05) is 0 Å². The van der Waals surface area contributed by atoms with Crippen LogP contribution in [0, 0.1) is 0 Å². The Morgan fingerprint density at radius 1 is 0.269 bits per heavy atom. The molecule has 0 N–H and O–H groups in total. The van der Waals surface area contributed by atoms with Gasteiger partial charge in [-0.3, -0.25) is 0 Å². The summed E-state index contributed by atoms with van der Waals surface area (Å²) in [5.74, 6) is 2.60. The molecule has 0 bridgehead atoms. The number of hydrogen-bond donors (Lipinski definition) is 0. The number of rotatable bonds is 10. The van der Waals surface area contributed by atoms with Gasteiger partial charge in [0.1, 0.15) is 0 Å². The fraction of sp³-hybridized carbons (Fsp3) is 0.205. The molecule has 458 valence electrons. The van der Waals surface area contributed by atoms with Gasteiger partial charge in [0.25, 0.3) is 0 Å². The van der Waals surface area contributed by atoms with Gasteiger partial charge in [-0.2, -0.15) is 0 Å². The minimum atomic E-state index is -3.14. The van der Waals surface area contributed by atoms with Crippen molar-refractivity contribution in [3.63, 3.8) is 0 Å². The van der Waals surface area contributed by atoms with Crippen molar-refractivity contribution < 1.29 is 4.42 Å². The molecule has 0 atom stereocenters.